The fraction of sp³-hybridized carbons (Fsp3) is 0.478. The Morgan fingerprint density at radius 3 is 2.67 bits per heavy atom. The lowest BCUT2D eigenvalue weighted by atomic mass is 9.62. The van der Waals surface area contributed by atoms with E-state index in [1.54, 1.807) is 17.2 Å². The van der Waals surface area contributed by atoms with Gasteiger partial charge in [-0.3, -0.25) is 14.7 Å². The van der Waals surface area contributed by atoms with Gasteiger partial charge in [-0.2, -0.15) is 0 Å². The van der Waals surface area contributed by atoms with Gasteiger partial charge in [0, 0.05) is 19.2 Å². The molecule has 2 aliphatic carbocycles. The fourth-order valence-electron chi connectivity index (χ4n) is 4.37. The van der Waals surface area contributed by atoms with Crippen LogP contribution in [0.3, 0.4) is 0 Å². The van der Waals surface area contributed by atoms with Gasteiger partial charge in [-0.1, -0.05) is 24.1 Å². The van der Waals surface area contributed by atoms with Crippen molar-refractivity contribution in [2.75, 3.05) is 11.4 Å². The average molecular weight is 426 g/mol. The predicted octanol–water partition coefficient (Wildman–Crippen LogP) is 4.42. The number of fused-ring (bicyclic) bond motifs is 1. The highest BCUT2D eigenvalue weighted by molar-refractivity contribution is 6.29. The van der Waals surface area contributed by atoms with Crippen molar-refractivity contribution in [3.05, 3.63) is 52.6 Å². The third-order valence-corrected chi connectivity index (χ3v) is 6.66. The molecule has 0 N–H and O–H groups in total. The number of hydrogen-bond acceptors (Lipinski definition) is 5. The van der Waals surface area contributed by atoms with Gasteiger partial charge in [0.15, 0.2) is 0 Å². The minimum absolute atomic E-state index is 0.0772. The van der Waals surface area contributed by atoms with Gasteiger partial charge in [-0.25, -0.2) is 9.78 Å². The maximum Gasteiger partial charge on any atom is 0.414 e. The van der Waals surface area contributed by atoms with E-state index in [4.69, 9.17) is 21.3 Å². The van der Waals surface area contributed by atoms with E-state index in [9.17, 15) is 9.59 Å². The number of amides is 1. The molecule has 3 aliphatic rings. The topological polar surface area (TPSA) is 72.4 Å². The molecule has 0 atom stereocenters. The lowest BCUT2D eigenvalue weighted by molar-refractivity contribution is -0.127. The Kier molecular flexibility index (Phi) is 4.97. The molecule has 2 fully saturated rings. The Hall–Kier alpha value is -2.47. The normalized spacial score (nSPS) is 19.6. The SMILES string of the molecule is O=C(OC1CC1)N1CCCc2nc(C3(C(=O)Cc4ccc(Cl)nc4)CCC3)ccc21. The number of carbonyl (C=O) groups excluding carboxylic acids is 2. The van der Waals surface area contributed by atoms with Crippen molar-refractivity contribution in [1.29, 1.82) is 0 Å². The standard InChI is InChI=1S/C23H24ClN3O3/c24-21-9-4-15(14-25-21)13-20(28)23(10-2-11-23)19-8-7-18-17(26-19)3-1-12-27(18)22(29)30-16-5-6-16/h4,7-9,14,16H,1-3,5-6,10-13H2. The molecule has 30 heavy (non-hydrogen) atoms. The first-order valence-electron chi connectivity index (χ1n) is 10.7. The molecule has 0 saturated heterocycles. The molecule has 156 valence electrons. The number of nitrogens with zero attached hydrogens (tertiary/aromatic N) is 3. The van der Waals surface area contributed by atoms with E-state index in [2.05, 4.69) is 4.98 Å². The van der Waals surface area contributed by atoms with Crippen LogP contribution >= 0.6 is 11.6 Å². The number of Topliss-reactive ketones (excluding diaryl/α,β-unsaturated/α-hetero) is 1. The van der Waals surface area contributed by atoms with Crippen molar-refractivity contribution < 1.29 is 14.3 Å². The summed E-state index contributed by atoms with van der Waals surface area (Å²) in [4.78, 5) is 36.5. The lowest BCUT2D eigenvalue weighted by Gasteiger charge is -2.41. The van der Waals surface area contributed by atoms with E-state index in [1.165, 1.54) is 0 Å². The zero-order valence-electron chi connectivity index (χ0n) is 16.8. The Labute approximate surface area is 180 Å². The van der Waals surface area contributed by atoms with E-state index in [-0.39, 0.29) is 18.0 Å². The molecular formula is C23H24ClN3O3. The van der Waals surface area contributed by atoms with Gasteiger partial charge in [0.2, 0.25) is 0 Å². The zero-order chi connectivity index (χ0) is 20.7. The molecule has 0 unspecified atom stereocenters. The summed E-state index contributed by atoms with van der Waals surface area (Å²) in [6, 6.07) is 7.44. The van der Waals surface area contributed by atoms with Gasteiger partial charge in [-0.05, 0) is 62.3 Å². The van der Waals surface area contributed by atoms with Crippen molar-refractivity contribution in [3.8, 4) is 0 Å². The molecular weight excluding hydrogens is 402 g/mol. The Morgan fingerprint density at radius 1 is 1.17 bits per heavy atom. The largest absolute Gasteiger partial charge is 0.446 e. The number of pyridine rings is 2. The summed E-state index contributed by atoms with van der Waals surface area (Å²) >= 11 is 5.86. The Balaban J connectivity index is 1.39. The van der Waals surface area contributed by atoms with Gasteiger partial charge in [0.25, 0.3) is 0 Å². The Bertz CT molecular complexity index is 984. The zero-order valence-corrected chi connectivity index (χ0v) is 17.5. The average Bonchev–Trinajstić information content (AvgIpc) is 3.52. The molecule has 0 spiro atoms. The first-order chi connectivity index (χ1) is 14.5. The van der Waals surface area contributed by atoms with Crippen molar-refractivity contribution in [1.82, 2.24) is 9.97 Å². The first kappa shape index (κ1) is 19.5. The quantitative estimate of drug-likeness (QED) is 0.663. The molecule has 6 nitrogen and oxygen atoms in total. The van der Waals surface area contributed by atoms with Crippen LogP contribution in [-0.2, 0) is 27.8 Å². The number of hydrogen-bond donors (Lipinski definition) is 0. The summed E-state index contributed by atoms with van der Waals surface area (Å²) in [7, 11) is 0. The molecule has 1 aliphatic heterocycles. The molecule has 0 bridgehead atoms. The number of ether oxygens (including phenoxy) is 1. The summed E-state index contributed by atoms with van der Waals surface area (Å²) in [5.74, 6) is 0.172. The van der Waals surface area contributed by atoms with Crippen LogP contribution < -0.4 is 4.90 Å². The van der Waals surface area contributed by atoms with Crippen LogP contribution in [0.25, 0.3) is 0 Å². The molecule has 2 aromatic rings. The highest BCUT2D eigenvalue weighted by Gasteiger charge is 2.46. The molecule has 0 aromatic carbocycles. The van der Waals surface area contributed by atoms with E-state index < -0.39 is 5.41 Å². The number of carbonyl (C=O) groups is 2. The highest BCUT2D eigenvalue weighted by Crippen LogP contribution is 2.45. The van der Waals surface area contributed by atoms with Gasteiger partial charge in [-0.15, -0.1) is 0 Å². The van der Waals surface area contributed by atoms with E-state index in [0.717, 1.165) is 67.6 Å². The molecule has 7 heteroatoms. The third kappa shape index (κ3) is 3.58. The number of rotatable bonds is 5. The van der Waals surface area contributed by atoms with Crippen molar-refractivity contribution in [2.24, 2.45) is 0 Å². The van der Waals surface area contributed by atoms with Crippen LogP contribution in [0, 0.1) is 0 Å². The van der Waals surface area contributed by atoms with Crippen LogP contribution in [0.2, 0.25) is 5.15 Å². The summed E-state index contributed by atoms with van der Waals surface area (Å²) in [5.41, 5.74) is 2.86. The number of aryl methyl sites for hydroxylation is 1. The summed E-state index contributed by atoms with van der Waals surface area (Å²) in [6.07, 6.45) is 7.99. The van der Waals surface area contributed by atoms with Crippen LogP contribution in [0.5, 0.6) is 0 Å². The predicted molar refractivity (Wildman–Crippen MR) is 113 cm³/mol. The molecule has 0 radical (unpaired) electrons. The number of ketones is 1. The van der Waals surface area contributed by atoms with E-state index >= 15 is 0 Å². The Morgan fingerprint density at radius 2 is 2.00 bits per heavy atom. The monoisotopic (exact) mass is 425 g/mol. The van der Waals surface area contributed by atoms with Gasteiger partial charge in [0.05, 0.1) is 22.5 Å². The summed E-state index contributed by atoms with van der Waals surface area (Å²) in [5, 5.41) is 0.422. The second-order valence-electron chi connectivity index (χ2n) is 8.53. The molecule has 1 amide bonds. The van der Waals surface area contributed by atoms with Crippen molar-refractivity contribution >= 4 is 29.2 Å². The molecule has 2 aromatic heterocycles. The lowest BCUT2D eigenvalue weighted by Crippen LogP contribution is -2.44. The van der Waals surface area contributed by atoms with Crippen LogP contribution in [0.15, 0.2) is 30.5 Å². The van der Waals surface area contributed by atoms with Crippen LogP contribution in [0.1, 0.15) is 55.5 Å². The van der Waals surface area contributed by atoms with Crippen LogP contribution in [0.4, 0.5) is 10.5 Å². The third-order valence-electron chi connectivity index (χ3n) is 6.43. The summed E-state index contributed by atoms with van der Waals surface area (Å²) in [6.45, 7) is 0.646. The second kappa shape index (κ2) is 7.65. The minimum atomic E-state index is -0.536. The van der Waals surface area contributed by atoms with E-state index in [0.29, 0.717) is 18.1 Å². The maximum atomic E-state index is 13.3. The van der Waals surface area contributed by atoms with Gasteiger partial charge in [0.1, 0.15) is 17.0 Å². The van der Waals surface area contributed by atoms with E-state index in [1.807, 2.05) is 18.2 Å². The smallest absolute Gasteiger partial charge is 0.414 e. The van der Waals surface area contributed by atoms with Crippen molar-refractivity contribution in [3.63, 3.8) is 0 Å². The molecule has 3 heterocycles. The minimum Gasteiger partial charge on any atom is -0.446 e. The maximum absolute atomic E-state index is 13.3. The fourth-order valence-corrected chi connectivity index (χ4v) is 4.48. The second-order valence-corrected chi connectivity index (χ2v) is 8.91. The highest BCUT2D eigenvalue weighted by atomic mass is 35.5. The van der Waals surface area contributed by atoms with Gasteiger partial charge >= 0.3 is 6.09 Å². The van der Waals surface area contributed by atoms with Gasteiger partial charge < -0.3 is 4.74 Å². The molecule has 5 rings (SSSR count). The number of anilines is 1. The number of halogens is 1. The first-order valence-corrected chi connectivity index (χ1v) is 11.1. The van der Waals surface area contributed by atoms with Crippen LogP contribution in [-0.4, -0.2) is 34.5 Å². The van der Waals surface area contributed by atoms with Crippen molar-refractivity contribution in [2.45, 2.75) is 62.9 Å². The molecule has 2 saturated carbocycles. The summed E-state index contributed by atoms with van der Waals surface area (Å²) < 4.78 is 5.49. The number of aromatic nitrogens is 2.